The van der Waals surface area contributed by atoms with Crippen LogP contribution in [0.2, 0.25) is 4.34 Å². The van der Waals surface area contributed by atoms with Crippen molar-refractivity contribution in [3.05, 3.63) is 33.0 Å². The molecule has 2 heterocycles. The van der Waals surface area contributed by atoms with E-state index in [4.69, 9.17) is 11.6 Å². The minimum atomic E-state index is 0.746. The third-order valence-electron chi connectivity index (χ3n) is 2.64. The molecule has 0 aromatic carbocycles. The van der Waals surface area contributed by atoms with E-state index in [0.717, 1.165) is 35.5 Å². The van der Waals surface area contributed by atoms with E-state index in [1.807, 2.05) is 24.6 Å². The van der Waals surface area contributed by atoms with E-state index in [1.165, 1.54) is 4.88 Å². The van der Waals surface area contributed by atoms with Gasteiger partial charge in [0.2, 0.25) is 0 Å². The summed E-state index contributed by atoms with van der Waals surface area (Å²) in [5.41, 5.74) is 0. The summed E-state index contributed by atoms with van der Waals surface area (Å²) < 4.78 is 2.85. The number of halogens is 1. The normalized spacial score (nSPS) is 11.0. The molecule has 2 rings (SSSR count). The highest BCUT2D eigenvalue weighted by atomic mass is 35.5. The van der Waals surface area contributed by atoms with Gasteiger partial charge >= 0.3 is 0 Å². The van der Waals surface area contributed by atoms with Crippen molar-refractivity contribution < 1.29 is 0 Å². The second-order valence-electron chi connectivity index (χ2n) is 3.86. The molecule has 0 bridgehead atoms. The molecule has 0 aliphatic carbocycles. The topological polar surface area (TPSA) is 42.7 Å². The molecule has 0 aliphatic heterocycles. The Morgan fingerprint density at radius 2 is 2.24 bits per heavy atom. The molecule has 0 saturated heterocycles. The van der Waals surface area contributed by atoms with Crippen molar-refractivity contribution in [1.29, 1.82) is 0 Å². The third kappa shape index (κ3) is 3.28. The van der Waals surface area contributed by atoms with Crippen LogP contribution in [0.15, 0.2) is 12.1 Å². The Kier molecular flexibility index (Phi) is 4.15. The fourth-order valence-electron chi connectivity index (χ4n) is 1.50. The summed E-state index contributed by atoms with van der Waals surface area (Å²) >= 11 is 7.50. The molecule has 0 fully saturated rings. The molecule has 2 aromatic rings. The maximum absolute atomic E-state index is 5.87. The molecule has 0 amide bonds. The quantitative estimate of drug-likeness (QED) is 0.847. The lowest BCUT2D eigenvalue weighted by Gasteiger charge is -2.03. The van der Waals surface area contributed by atoms with Crippen LogP contribution in [0.3, 0.4) is 0 Å². The average molecular weight is 271 g/mol. The highest BCUT2D eigenvalue weighted by molar-refractivity contribution is 7.16. The zero-order valence-electron chi connectivity index (χ0n) is 9.90. The third-order valence-corrected chi connectivity index (χ3v) is 3.93. The van der Waals surface area contributed by atoms with Gasteiger partial charge in [0.1, 0.15) is 11.6 Å². The van der Waals surface area contributed by atoms with Gasteiger partial charge in [0.05, 0.1) is 10.9 Å². The van der Waals surface area contributed by atoms with E-state index in [2.05, 4.69) is 21.6 Å². The predicted octanol–water partition coefficient (Wildman–Crippen LogP) is 2.17. The summed E-state index contributed by atoms with van der Waals surface area (Å²) in [5, 5.41) is 11.5. The van der Waals surface area contributed by atoms with Crippen LogP contribution < -0.4 is 5.32 Å². The molecule has 92 valence electrons. The van der Waals surface area contributed by atoms with Crippen LogP contribution in [0.5, 0.6) is 0 Å². The van der Waals surface area contributed by atoms with E-state index in [1.54, 1.807) is 11.3 Å². The molecule has 4 nitrogen and oxygen atoms in total. The lowest BCUT2D eigenvalue weighted by Crippen LogP contribution is -2.18. The number of thiophene rings is 1. The minimum Gasteiger partial charge on any atom is -0.317 e. The van der Waals surface area contributed by atoms with Crippen LogP contribution >= 0.6 is 22.9 Å². The van der Waals surface area contributed by atoms with Crippen molar-refractivity contribution in [2.45, 2.75) is 19.9 Å². The van der Waals surface area contributed by atoms with Crippen LogP contribution in [0.4, 0.5) is 0 Å². The fraction of sp³-hybridized carbons (Fsp3) is 0.455. The fourth-order valence-corrected chi connectivity index (χ4v) is 2.59. The summed E-state index contributed by atoms with van der Waals surface area (Å²) in [6.45, 7) is 3.61. The predicted molar refractivity (Wildman–Crippen MR) is 70.5 cm³/mol. The Hall–Kier alpha value is -0.910. The number of nitrogens with one attached hydrogen (secondary N) is 1. The van der Waals surface area contributed by atoms with Gasteiger partial charge in [-0.15, -0.1) is 21.5 Å². The van der Waals surface area contributed by atoms with Gasteiger partial charge < -0.3 is 9.88 Å². The summed E-state index contributed by atoms with van der Waals surface area (Å²) in [6, 6.07) is 4.01. The number of rotatable bonds is 5. The lowest BCUT2D eigenvalue weighted by atomic mass is 10.3. The zero-order chi connectivity index (χ0) is 12.3. The van der Waals surface area contributed by atoms with Gasteiger partial charge in [-0.25, -0.2) is 0 Å². The molecule has 0 atom stereocenters. The molecule has 0 radical (unpaired) electrons. The first-order valence-electron chi connectivity index (χ1n) is 5.46. The summed E-state index contributed by atoms with van der Waals surface area (Å²) in [7, 11) is 1.98. The Morgan fingerprint density at radius 3 is 2.82 bits per heavy atom. The monoisotopic (exact) mass is 270 g/mol. The second kappa shape index (κ2) is 5.62. The molecule has 1 N–H and O–H groups in total. The van der Waals surface area contributed by atoms with E-state index < -0.39 is 0 Å². The van der Waals surface area contributed by atoms with Gasteiger partial charge in [-0.3, -0.25) is 0 Å². The number of aryl methyl sites for hydroxylation is 1. The number of nitrogens with zero attached hydrogens (tertiary/aromatic N) is 3. The van der Waals surface area contributed by atoms with Crippen LogP contribution in [0.1, 0.15) is 16.5 Å². The van der Waals surface area contributed by atoms with Crippen LogP contribution in [-0.4, -0.2) is 21.3 Å². The van der Waals surface area contributed by atoms with Crippen molar-refractivity contribution in [1.82, 2.24) is 20.1 Å². The average Bonchev–Trinajstić information content (AvgIpc) is 2.84. The maximum atomic E-state index is 5.87. The molecular weight excluding hydrogens is 256 g/mol. The van der Waals surface area contributed by atoms with Gasteiger partial charge in [-0.2, -0.15) is 0 Å². The van der Waals surface area contributed by atoms with Gasteiger partial charge in [-0.05, 0) is 25.5 Å². The van der Waals surface area contributed by atoms with Crippen LogP contribution in [0.25, 0.3) is 0 Å². The number of aromatic nitrogens is 3. The van der Waals surface area contributed by atoms with Crippen molar-refractivity contribution in [3.8, 4) is 0 Å². The first kappa shape index (κ1) is 12.5. The first-order chi connectivity index (χ1) is 8.16. The van der Waals surface area contributed by atoms with E-state index in [9.17, 15) is 0 Å². The van der Waals surface area contributed by atoms with E-state index in [-0.39, 0.29) is 0 Å². The van der Waals surface area contributed by atoms with Gasteiger partial charge in [0.15, 0.2) is 0 Å². The molecule has 6 heteroatoms. The summed E-state index contributed by atoms with van der Waals surface area (Å²) in [4.78, 5) is 1.30. The molecule has 0 spiro atoms. The molecule has 17 heavy (non-hydrogen) atoms. The first-order valence-corrected chi connectivity index (χ1v) is 6.66. The molecule has 2 aromatic heterocycles. The highest BCUT2D eigenvalue weighted by Crippen LogP contribution is 2.21. The highest BCUT2D eigenvalue weighted by Gasteiger charge is 2.04. The van der Waals surface area contributed by atoms with Crippen LogP contribution in [-0.2, 0) is 20.0 Å². The molecule has 0 saturated carbocycles. The smallest absolute Gasteiger partial charge is 0.146 e. The summed E-state index contributed by atoms with van der Waals surface area (Å²) in [6.07, 6.45) is 0.994. The lowest BCUT2D eigenvalue weighted by molar-refractivity contribution is 0.635. The van der Waals surface area contributed by atoms with Crippen molar-refractivity contribution in [2.75, 3.05) is 6.54 Å². The molecule has 0 unspecified atom stereocenters. The largest absolute Gasteiger partial charge is 0.317 e. The Balaban J connectivity index is 1.75. The number of hydrogen-bond acceptors (Lipinski definition) is 4. The van der Waals surface area contributed by atoms with Gasteiger partial charge in [-0.1, -0.05) is 11.6 Å². The van der Waals surface area contributed by atoms with Crippen molar-refractivity contribution in [3.63, 3.8) is 0 Å². The number of hydrogen-bond donors (Lipinski definition) is 1. The Bertz CT molecular complexity index is 491. The Morgan fingerprint density at radius 1 is 1.41 bits per heavy atom. The standard InChI is InChI=1S/C11H15ClN4S/c1-8-14-15-11(16(8)2)7-13-6-5-9-3-4-10(12)17-9/h3-4,13H,5-7H2,1-2H3. The van der Waals surface area contributed by atoms with Crippen LogP contribution in [0, 0.1) is 6.92 Å². The van der Waals surface area contributed by atoms with Gasteiger partial charge in [0, 0.05) is 18.5 Å². The van der Waals surface area contributed by atoms with E-state index >= 15 is 0 Å². The Labute approximate surface area is 110 Å². The molecule has 0 aliphatic rings. The van der Waals surface area contributed by atoms with E-state index in [0.29, 0.717) is 0 Å². The SMILES string of the molecule is Cc1nnc(CNCCc2ccc(Cl)s2)n1C. The zero-order valence-corrected chi connectivity index (χ0v) is 11.5. The van der Waals surface area contributed by atoms with Crippen molar-refractivity contribution in [2.24, 2.45) is 7.05 Å². The van der Waals surface area contributed by atoms with Gasteiger partial charge in [0.25, 0.3) is 0 Å². The van der Waals surface area contributed by atoms with Crippen molar-refractivity contribution >= 4 is 22.9 Å². The second-order valence-corrected chi connectivity index (χ2v) is 5.65. The maximum Gasteiger partial charge on any atom is 0.146 e. The summed E-state index contributed by atoms with van der Waals surface area (Å²) in [5.74, 6) is 1.90. The minimum absolute atomic E-state index is 0.746. The molecular formula is C11H15ClN4S.